The number of nitrogens with one attached hydrogen (secondary N) is 1. The van der Waals surface area contributed by atoms with Gasteiger partial charge in [-0.1, -0.05) is 25.5 Å². The van der Waals surface area contributed by atoms with E-state index < -0.39 is 0 Å². The number of rotatable bonds is 10. The highest BCUT2D eigenvalue weighted by Gasteiger charge is 2.43. The minimum atomic E-state index is -0.374. The highest BCUT2D eigenvalue weighted by Crippen LogP contribution is 2.39. The van der Waals surface area contributed by atoms with Crippen LogP contribution in [0.5, 0.6) is 5.75 Å². The monoisotopic (exact) mass is 398 g/mol. The normalized spacial score (nSPS) is 18.8. The van der Waals surface area contributed by atoms with Gasteiger partial charge >= 0.3 is 0 Å². The van der Waals surface area contributed by atoms with Crippen LogP contribution in [-0.4, -0.2) is 46.5 Å². The van der Waals surface area contributed by atoms with Crippen LogP contribution in [0.15, 0.2) is 43.0 Å². The van der Waals surface area contributed by atoms with Crippen molar-refractivity contribution >= 4 is 11.8 Å². The predicted octanol–water partition coefficient (Wildman–Crippen LogP) is 2.79. The van der Waals surface area contributed by atoms with Gasteiger partial charge in [0.05, 0.1) is 25.4 Å². The van der Waals surface area contributed by atoms with E-state index in [1.54, 1.807) is 19.6 Å². The van der Waals surface area contributed by atoms with Crippen LogP contribution in [0.4, 0.5) is 0 Å². The summed E-state index contributed by atoms with van der Waals surface area (Å²) >= 11 is 0. The summed E-state index contributed by atoms with van der Waals surface area (Å²) in [4.78, 5) is 31.5. The molecule has 7 heteroatoms. The van der Waals surface area contributed by atoms with Gasteiger partial charge in [0.2, 0.25) is 11.8 Å². The Morgan fingerprint density at radius 1 is 1.24 bits per heavy atom. The number of methoxy groups -OCH3 is 1. The summed E-state index contributed by atoms with van der Waals surface area (Å²) in [5.74, 6) is 0.390. The Morgan fingerprint density at radius 2 is 2.03 bits per heavy atom. The van der Waals surface area contributed by atoms with Gasteiger partial charge in [-0.15, -0.1) is 0 Å². The quantitative estimate of drug-likeness (QED) is 0.625. The van der Waals surface area contributed by atoms with Crippen molar-refractivity contribution in [2.24, 2.45) is 5.92 Å². The van der Waals surface area contributed by atoms with Crippen molar-refractivity contribution in [2.75, 3.05) is 20.2 Å². The van der Waals surface area contributed by atoms with Gasteiger partial charge in [0.1, 0.15) is 5.75 Å². The zero-order valence-corrected chi connectivity index (χ0v) is 17.2. The van der Waals surface area contributed by atoms with Crippen molar-refractivity contribution in [1.82, 2.24) is 19.8 Å². The maximum Gasteiger partial charge on any atom is 0.226 e. The lowest BCUT2D eigenvalue weighted by Crippen LogP contribution is -2.36. The molecule has 1 saturated heterocycles. The smallest absolute Gasteiger partial charge is 0.226 e. The van der Waals surface area contributed by atoms with Crippen molar-refractivity contribution < 1.29 is 14.3 Å². The Hall–Kier alpha value is -2.83. The molecule has 0 bridgehead atoms. The number of likely N-dealkylation sites (tertiary alicyclic amines) is 1. The third-order valence-electron chi connectivity index (χ3n) is 5.43. The highest BCUT2D eigenvalue weighted by molar-refractivity contribution is 5.90. The Bertz CT molecular complexity index is 789. The SMILES string of the molecule is CCCCN1C(=O)CC(C(=O)NCCCn2ccnc2)C1c1ccc(OC)cc1. The first-order chi connectivity index (χ1) is 14.1. The van der Waals surface area contributed by atoms with Crippen molar-refractivity contribution in [2.45, 2.75) is 45.2 Å². The summed E-state index contributed by atoms with van der Waals surface area (Å²) < 4.78 is 7.23. The first-order valence-electron chi connectivity index (χ1n) is 10.3. The minimum absolute atomic E-state index is 0.0520. The van der Waals surface area contributed by atoms with Crippen LogP contribution in [0.3, 0.4) is 0 Å². The van der Waals surface area contributed by atoms with E-state index in [0.717, 1.165) is 37.1 Å². The molecule has 0 saturated carbocycles. The zero-order valence-electron chi connectivity index (χ0n) is 17.2. The number of amides is 2. The number of nitrogens with zero attached hydrogens (tertiary/aromatic N) is 3. The molecule has 29 heavy (non-hydrogen) atoms. The third kappa shape index (κ3) is 5.16. The number of unbranched alkanes of at least 4 members (excludes halogenated alkanes) is 1. The molecule has 156 valence electrons. The van der Waals surface area contributed by atoms with Crippen LogP contribution in [0.25, 0.3) is 0 Å². The van der Waals surface area contributed by atoms with Crippen LogP contribution in [0.2, 0.25) is 0 Å². The molecule has 1 N–H and O–H groups in total. The Balaban J connectivity index is 1.68. The van der Waals surface area contributed by atoms with Gasteiger partial charge in [-0.3, -0.25) is 9.59 Å². The van der Waals surface area contributed by atoms with Gasteiger partial charge in [0.15, 0.2) is 0 Å². The molecule has 1 aromatic heterocycles. The van der Waals surface area contributed by atoms with E-state index in [1.807, 2.05) is 39.9 Å². The largest absolute Gasteiger partial charge is 0.497 e. The molecule has 2 aromatic rings. The second kappa shape index (κ2) is 10.1. The fourth-order valence-corrected chi connectivity index (χ4v) is 3.85. The fourth-order valence-electron chi connectivity index (χ4n) is 3.85. The predicted molar refractivity (Wildman–Crippen MR) is 110 cm³/mol. The van der Waals surface area contributed by atoms with Crippen LogP contribution >= 0.6 is 0 Å². The van der Waals surface area contributed by atoms with E-state index >= 15 is 0 Å². The molecule has 0 spiro atoms. The minimum Gasteiger partial charge on any atom is -0.497 e. The van der Waals surface area contributed by atoms with Crippen LogP contribution in [0.1, 0.15) is 44.2 Å². The molecule has 2 heterocycles. The number of hydrogen-bond donors (Lipinski definition) is 1. The molecule has 1 aliphatic rings. The second-order valence-electron chi connectivity index (χ2n) is 7.41. The average molecular weight is 399 g/mol. The number of aromatic nitrogens is 2. The van der Waals surface area contributed by atoms with Gasteiger partial charge in [-0.05, 0) is 30.5 Å². The third-order valence-corrected chi connectivity index (χ3v) is 5.43. The summed E-state index contributed by atoms with van der Waals surface area (Å²) in [5, 5.41) is 3.03. The first kappa shape index (κ1) is 20.9. The van der Waals surface area contributed by atoms with Gasteiger partial charge < -0.3 is 19.5 Å². The molecular formula is C22H30N4O3. The van der Waals surface area contributed by atoms with Crippen LogP contribution < -0.4 is 10.1 Å². The van der Waals surface area contributed by atoms with Crippen molar-refractivity contribution in [3.63, 3.8) is 0 Å². The van der Waals surface area contributed by atoms with E-state index in [9.17, 15) is 9.59 Å². The number of imidazole rings is 1. The first-order valence-corrected chi connectivity index (χ1v) is 10.3. The van der Waals surface area contributed by atoms with Gasteiger partial charge in [0, 0.05) is 38.4 Å². The van der Waals surface area contributed by atoms with E-state index in [-0.39, 0.29) is 30.2 Å². The van der Waals surface area contributed by atoms with Crippen LogP contribution in [0, 0.1) is 5.92 Å². The number of ether oxygens (including phenoxy) is 1. The number of carbonyl (C=O) groups is 2. The lowest BCUT2D eigenvalue weighted by Gasteiger charge is -2.28. The maximum atomic E-state index is 12.9. The summed E-state index contributed by atoms with van der Waals surface area (Å²) in [5.41, 5.74) is 0.978. The molecule has 2 amide bonds. The number of benzene rings is 1. The van der Waals surface area contributed by atoms with Gasteiger partial charge in [0.25, 0.3) is 0 Å². The summed E-state index contributed by atoms with van der Waals surface area (Å²) in [6, 6.07) is 7.46. The number of carbonyl (C=O) groups excluding carboxylic acids is 2. The lowest BCUT2D eigenvalue weighted by molar-refractivity contribution is -0.129. The molecule has 7 nitrogen and oxygen atoms in total. The Kier molecular flexibility index (Phi) is 7.27. The number of hydrogen-bond acceptors (Lipinski definition) is 4. The Morgan fingerprint density at radius 3 is 2.69 bits per heavy atom. The molecule has 1 fully saturated rings. The second-order valence-corrected chi connectivity index (χ2v) is 7.41. The molecule has 2 atom stereocenters. The van der Waals surface area contributed by atoms with Crippen molar-refractivity contribution in [3.8, 4) is 5.75 Å². The van der Waals surface area contributed by atoms with Gasteiger partial charge in [-0.25, -0.2) is 4.98 Å². The molecule has 1 aromatic carbocycles. The molecule has 2 unspecified atom stereocenters. The molecular weight excluding hydrogens is 368 g/mol. The summed E-state index contributed by atoms with van der Waals surface area (Å²) in [6.45, 7) is 4.16. The highest BCUT2D eigenvalue weighted by atomic mass is 16.5. The number of aryl methyl sites for hydroxylation is 1. The molecule has 0 radical (unpaired) electrons. The zero-order chi connectivity index (χ0) is 20.6. The summed E-state index contributed by atoms with van der Waals surface area (Å²) in [7, 11) is 1.63. The average Bonchev–Trinajstić information content (AvgIpc) is 3.37. The van der Waals surface area contributed by atoms with E-state index in [2.05, 4.69) is 17.2 Å². The Labute approximate surface area is 172 Å². The topological polar surface area (TPSA) is 76.5 Å². The molecule has 1 aliphatic heterocycles. The van der Waals surface area contributed by atoms with Crippen LogP contribution in [-0.2, 0) is 16.1 Å². The van der Waals surface area contributed by atoms with E-state index in [4.69, 9.17) is 4.74 Å². The standard InChI is InChI=1S/C22H30N4O3/c1-3-4-13-26-20(27)15-19(21(26)17-6-8-18(29-2)9-7-17)22(28)24-10-5-12-25-14-11-23-16-25/h6-9,11,14,16,19,21H,3-5,10,12-13,15H2,1-2H3,(H,24,28). The van der Waals surface area contributed by atoms with E-state index in [1.165, 1.54) is 0 Å². The molecule has 3 rings (SSSR count). The fraction of sp³-hybridized carbons (Fsp3) is 0.500. The van der Waals surface area contributed by atoms with Crippen molar-refractivity contribution in [1.29, 1.82) is 0 Å². The molecule has 0 aliphatic carbocycles. The van der Waals surface area contributed by atoms with Crippen molar-refractivity contribution in [3.05, 3.63) is 48.5 Å². The lowest BCUT2D eigenvalue weighted by atomic mass is 9.92. The summed E-state index contributed by atoms with van der Waals surface area (Å²) in [6.07, 6.45) is 8.42. The van der Waals surface area contributed by atoms with E-state index in [0.29, 0.717) is 13.1 Å². The maximum absolute atomic E-state index is 12.9. The van der Waals surface area contributed by atoms with Gasteiger partial charge in [-0.2, -0.15) is 0 Å².